The Labute approximate surface area is 121 Å². The third-order valence-corrected chi connectivity index (χ3v) is 3.19. The fourth-order valence-corrected chi connectivity index (χ4v) is 2.02. The summed E-state index contributed by atoms with van der Waals surface area (Å²) in [5, 5.41) is 0. The van der Waals surface area contributed by atoms with Crippen LogP contribution in [0.3, 0.4) is 0 Å². The first-order chi connectivity index (χ1) is 9.65. The predicted octanol–water partition coefficient (Wildman–Crippen LogP) is 3.35. The van der Waals surface area contributed by atoms with Gasteiger partial charge in [0.2, 0.25) is 0 Å². The van der Waals surface area contributed by atoms with E-state index in [-0.39, 0.29) is 0 Å². The lowest BCUT2D eigenvalue weighted by Gasteiger charge is -2.13. The number of hydrogen-bond donors (Lipinski definition) is 1. The number of nitrogens with two attached hydrogens (primary N) is 1. The highest BCUT2D eigenvalue weighted by Crippen LogP contribution is 2.16. The number of anilines is 2. The van der Waals surface area contributed by atoms with E-state index in [4.69, 9.17) is 10.5 Å². The predicted molar refractivity (Wildman–Crippen MR) is 85.4 cm³/mol. The van der Waals surface area contributed by atoms with Crippen LogP contribution in [-0.2, 0) is 6.42 Å². The van der Waals surface area contributed by atoms with Crippen LogP contribution < -0.4 is 15.4 Å². The van der Waals surface area contributed by atoms with Crippen LogP contribution in [0.5, 0.6) is 5.75 Å². The first kappa shape index (κ1) is 14.3. The molecule has 0 bridgehead atoms. The summed E-state index contributed by atoms with van der Waals surface area (Å²) in [6, 6.07) is 16.1. The molecule has 0 aliphatic rings. The van der Waals surface area contributed by atoms with E-state index in [1.54, 1.807) is 0 Å². The molecule has 0 spiro atoms. The van der Waals surface area contributed by atoms with Crippen molar-refractivity contribution in [2.24, 2.45) is 0 Å². The minimum absolute atomic E-state index is 0.718. The van der Waals surface area contributed by atoms with Crippen molar-refractivity contribution >= 4 is 11.4 Å². The van der Waals surface area contributed by atoms with Gasteiger partial charge in [-0.2, -0.15) is 0 Å². The molecule has 0 saturated heterocycles. The van der Waals surface area contributed by atoms with Crippen molar-refractivity contribution in [3.05, 3.63) is 54.1 Å². The van der Waals surface area contributed by atoms with Gasteiger partial charge in [0.1, 0.15) is 5.75 Å². The molecule has 0 aliphatic heterocycles. The van der Waals surface area contributed by atoms with Crippen molar-refractivity contribution < 1.29 is 4.74 Å². The van der Waals surface area contributed by atoms with Crippen molar-refractivity contribution in [2.75, 3.05) is 31.3 Å². The number of benzene rings is 2. The van der Waals surface area contributed by atoms with Crippen molar-refractivity contribution in [2.45, 2.75) is 12.8 Å². The molecule has 0 atom stereocenters. The largest absolute Gasteiger partial charge is 0.494 e. The fraction of sp³-hybridized carbons (Fsp3) is 0.294. The normalized spacial score (nSPS) is 10.3. The van der Waals surface area contributed by atoms with Crippen LogP contribution in [0, 0.1) is 0 Å². The molecular formula is C17H22N2O. The number of rotatable bonds is 6. The second-order valence-corrected chi connectivity index (χ2v) is 5.09. The second kappa shape index (κ2) is 6.85. The highest BCUT2D eigenvalue weighted by Gasteiger charge is 1.99. The van der Waals surface area contributed by atoms with E-state index in [1.807, 2.05) is 24.3 Å². The van der Waals surface area contributed by atoms with Gasteiger partial charge in [0.05, 0.1) is 6.61 Å². The van der Waals surface area contributed by atoms with E-state index in [9.17, 15) is 0 Å². The van der Waals surface area contributed by atoms with Gasteiger partial charge in [0, 0.05) is 25.5 Å². The number of nitrogens with zero attached hydrogens (tertiary/aromatic N) is 1. The standard InChI is InChI=1S/C17H22N2O/c1-19(2)16-7-3-5-14(13-16)6-4-12-20-17-10-8-15(18)9-11-17/h3,5,7-11,13H,4,6,12,18H2,1-2H3. The zero-order valence-corrected chi connectivity index (χ0v) is 12.2. The molecule has 0 fully saturated rings. The lowest BCUT2D eigenvalue weighted by molar-refractivity contribution is 0.311. The molecule has 2 N–H and O–H groups in total. The van der Waals surface area contributed by atoms with Crippen LogP contribution >= 0.6 is 0 Å². The van der Waals surface area contributed by atoms with E-state index in [0.29, 0.717) is 0 Å². The molecular weight excluding hydrogens is 248 g/mol. The van der Waals surface area contributed by atoms with Crippen LogP contribution in [0.1, 0.15) is 12.0 Å². The molecule has 0 aromatic heterocycles. The molecule has 3 nitrogen and oxygen atoms in total. The van der Waals surface area contributed by atoms with Crippen LogP contribution in [0.2, 0.25) is 0 Å². The van der Waals surface area contributed by atoms with Gasteiger partial charge in [-0.3, -0.25) is 0 Å². The molecule has 0 amide bonds. The van der Waals surface area contributed by atoms with Crippen molar-refractivity contribution in [3.63, 3.8) is 0 Å². The molecule has 3 heteroatoms. The van der Waals surface area contributed by atoms with Crippen molar-refractivity contribution in [1.29, 1.82) is 0 Å². The fourth-order valence-electron chi connectivity index (χ4n) is 2.02. The Balaban J connectivity index is 1.78. The zero-order chi connectivity index (χ0) is 14.4. The molecule has 2 rings (SSSR count). The maximum atomic E-state index is 5.69. The van der Waals surface area contributed by atoms with E-state index in [0.717, 1.165) is 30.9 Å². The lowest BCUT2D eigenvalue weighted by Crippen LogP contribution is -2.08. The number of ether oxygens (including phenoxy) is 1. The average molecular weight is 270 g/mol. The highest BCUT2D eigenvalue weighted by atomic mass is 16.5. The molecule has 2 aromatic carbocycles. The Morgan fingerprint density at radius 1 is 1.05 bits per heavy atom. The monoisotopic (exact) mass is 270 g/mol. The number of nitrogen functional groups attached to an aromatic ring is 1. The maximum absolute atomic E-state index is 5.69. The summed E-state index contributed by atoms with van der Waals surface area (Å²) >= 11 is 0. The molecule has 0 unspecified atom stereocenters. The smallest absolute Gasteiger partial charge is 0.119 e. The molecule has 2 aromatic rings. The van der Waals surface area contributed by atoms with E-state index in [1.165, 1.54) is 11.3 Å². The third-order valence-electron chi connectivity index (χ3n) is 3.19. The first-order valence-electron chi connectivity index (χ1n) is 6.90. The van der Waals surface area contributed by atoms with E-state index >= 15 is 0 Å². The van der Waals surface area contributed by atoms with Gasteiger partial charge in [-0.05, 0) is 54.8 Å². The van der Waals surface area contributed by atoms with E-state index in [2.05, 4.69) is 43.3 Å². The van der Waals surface area contributed by atoms with Gasteiger partial charge in [-0.1, -0.05) is 12.1 Å². The van der Waals surface area contributed by atoms with Crippen LogP contribution in [0.4, 0.5) is 11.4 Å². The maximum Gasteiger partial charge on any atom is 0.119 e. The van der Waals surface area contributed by atoms with Crippen molar-refractivity contribution in [1.82, 2.24) is 0 Å². The van der Waals surface area contributed by atoms with Gasteiger partial charge >= 0.3 is 0 Å². The van der Waals surface area contributed by atoms with Crippen molar-refractivity contribution in [3.8, 4) is 5.75 Å². The van der Waals surface area contributed by atoms with Crippen LogP contribution in [0.25, 0.3) is 0 Å². The lowest BCUT2D eigenvalue weighted by atomic mass is 10.1. The molecule has 0 heterocycles. The first-order valence-corrected chi connectivity index (χ1v) is 6.90. The van der Waals surface area contributed by atoms with Crippen LogP contribution in [-0.4, -0.2) is 20.7 Å². The summed E-state index contributed by atoms with van der Waals surface area (Å²) in [6.45, 7) is 0.718. The topological polar surface area (TPSA) is 38.5 Å². The Morgan fingerprint density at radius 2 is 1.80 bits per heavy atom. The Morgan fingerprint density at radius 3 is 2.50 bits per heavy atom. The summed E-state index contributed by atoms with van der Waals surface area (Å²) in [5.41, 5.74) is 8.98. The Hall–Kier alpha value is -2.16. The van der Waals surface area contributed by atoms with E-state index < -0.39 is 0 Å². The molecule has 20 heavy (non-hydrogen) atoms. The van der Waals surface area contributed by atoms with Crippen LogP contribution in [0.15, 0.2) is 48.5 Å². The zero-order valence-electron chi connectivity index (χ0n) is 12.2. The molecule has 106 valence electrons. The quantitative estimate of drug-likeness (QED) is 0.646. The summed E-state index contributed by atoms with van der Waals surface area (Å²) in [4.78, 5) is 2.12. The van der Waals surface area contributed by atoms with Gasteiger partial charge < -0.3 is 15.4 Å². The second-order valence-electron chi connectivity index (χ2n) is 5.09. The number of hydrogen-bond acceptors (Lipinski definition) is 3. The summed E-state index contributed by atoms with van der Waals surface area (Å²) in [7, 11) is 4.12. The highest BCUT2D eigenvalue weighted by molar-refractivity contribution is 5.47. The van der Waals surface area contributed by atoms with Gasteiger partial charge in [0.15, 0.2) is 0 Å². The summed E-state index contributed by atoms with van der Waals surface area (Å²) in [6.07, 6.45) is 2.03. The van der Waals surface area contributed by atoms with Gasteiger partial charge in [0.25, 0.3) is 0 Å². The van der Waals surface area contributed by atoms with Gasteiger partial charge in [-0.25, -0.2) is 0 Å². The number of aryl methyl sites for hydroxylation is 1. The Kier molecular flexibility index (Phi) is 4.88. The third kappa shape index (κ3) is 4.19. The summed E-state index contributed by atoms with van der Waals surface area (Å²) in [5.74, 6) is 0.876. The molecule has 0 saturated carbocycles. The molecule has 0 radical (unpaired) electrons. The Bertz CT molecular complexity index is 535. The SMILES string of the molecule is CN(C)c1cccc(CCCOc2ccc(N)cc2)c1. The minimum Gasteiger partial charge on any atom is -0.494 e. The summed E-state index contributed by atoms with van der Waals surface area (Å²) < 4.78 is 5.69. The average Bonchev–Trinajstić information content (AvgIpc) is 2.46. The van der Waals surface area contributed by atoms with Gasteiger partial charge in [-0.15, -0.1) is 0 Å². The molecule has 0 aliphatic carbocycles. The minimum atomic E-state index is 0.718.